The van der Waals surface area contributed by atoms with Crippen LogP contribution in [0, 0.1) is 6.92 Å². The Kier molecular flexibility index (Phi) is 5.41. The predicted molar refractivity (Wildman–Crippen MR) is 90.6 cm³/mol. The van der Waals surface area contributed by atoms with Crippen molar-refractivity contribution in [2.75, 3.05) is 21.3 Å². The Labute approximate surface area is 136 Å². The number of hydrogen-bond acceptors (Lipinski definition) is 4. The number of ether oxygens (including phenoxy) is 3. The van der Waals surface area contributed by atoms with Crippen LogP contribution in [0.4, 0.5) is 0 Å². The van der Waals surface area contributed by atoms with E-state index in [1.54, 1.807) is 39.5 Å². The van der Waals surface area contributed by atoms with Crippen molar-refractivity contribution in [3.05, 3.63) is 59.2 Å². The molecule has 2 aromatic carbocycles. The van der Waals surface area contributed by atoms with Crippen LogP contribution in [0.3, 0.4) is 0 Å². The smallest absolute Gasteiger partial charge is 0.203 e. The largest absolute Gasteiger partial charge is 0.493 e. The van der Waals surface area contributed by atoms with Gasteiger partial charge in [0.1, 0.15) is 0 Å². The van der Waals surface area contributed by atoms with Crippen molar-refractivity contribution >= 4 is 11.9 Å². The highest BCUT2D eigenvalue weighted by Crippen LogP contribution is 2.40. The first-order valence-electron chi connectivity index (χ1n) is 7.18. The van der Waals surface area contributed by atoms with Gasteiger partial charge in [-0.25, -0.2) is 0 Å². The molecular weight excluding hydrogens is 292 g/mol. The number of methoxy groups -OCH3 is 3. The van der Waals surface area contributed by atoms with Crippen LogP contribution in [0.2, 0.25) is 0 Å². The van der Waals surface area contributed by atoms with Gasteiger partial charge in [-0.3, -0.25) is 4.79 Å². The zero-order valence-corrected chi connectivity index (χ0v) is 13.8. The summed E-state index contributed by atoms with van der Waals surface area (Å²) in [6, 6.07) is 11.1. The zero-order valence-electron chi connectivity index (χ0n) is 13.8. The Hall–Kier alpha value is -2.75. The minimum absolute atomic E-state index is 0.0643. The number of rotatable bonds is 6. The van der Waals surface area contributed by atoms with Gasteiger partial charge >= 0.3 is 0 Å². The van der Waals surface area contributed by atoms with E-state index in [-0.39, 0.29) is 5.78 Å². The second-order valence-corrected chi connectivity index (χ2v) is 4.99. The van der Waals surface area contributed by atoms with E-state index in [2.05, 4.69) is 0 Å². The summed E-state index contributed by atoms with van der Waals surface area (Å²) in [5.41, 5.74) is 2.44. The summed E-state index contributed by atoms with van der Waals surface area (Å²) < 4.78 is 16.0. The lowest BCUT2D eigenvalue weighted by Gasteiger charge is -2.13. The third-order valence-electron chi connectivity index (χ3n) is 3.45. The minimum Gasteiger partial charge on any atom is -0.493 e. The standard InChI is InChI=1S/C19H20O4/c1-13-6-5-7-15(12-13)16(20)10-8-14-9-11-17(21-2)19(23-4)18(14)22-3/h5-12H,1-4H3. The fourth-order valence-electron chi connectivity index (χ4n) is 2.32. The Morgan fingerprint density at radius 1 is 0.957 bits per heavy atom. The molecule has 0 aromatic heterocycles. The molecule has 0 atom stereocenters. The Morgan fingerprint density at radius 3 is 2.30 bits per heavy atom. The van der Waals surface area contributed by atoms with Gasteiger partial charge in [-0.05, 0) is 37.3 Å². The first-order valence-corrected chi connectivity index (χ1v) is 7.18. The number of carbonyl (C=O) groups is 1. The van der Waals surface area contributed by atoms with E-state index in [1.165, 1.54) is 6.08 Å². The number of allylic oxidation sites excluding steroid dienone is 1. The maximum atomic E-state index is 12.3. The summed E-state index contributed by atoms with van der Waals surface area (Å²) in [6.07, 6.45) is 3.24. The van der Waals surface area contributed by atoms with Crippen LogP contribution < -0.4 is 14.2 Å². The molecule has 120 valence electrons. The van der Waals surface area contributed by atoms with E-state index >= 15 is 0 Å². The van der Waals surface area contributed by atoms with Crippen LogP contribution >= 0.6 is 0 Å². The van der Waals surface area contributed by atoms with Gasteiger partial charge in [0.15, 0.2) is 17.3 Å². The van der Waals surface area contributed by atoms with Gasteiger partial charge in [0.2, 0.25) is 5.75 Å². The fourth-order valence-corrected chi connectivity index (χ4v) is 2.32. The molecule has 0 radical (unpaired) electrons. The van der Waals surface area contributed by atoms with Gasteiger partial charge in [0.05, 0.1) is 21.3 Å². The van der Waals surface area contributed by atoms with Crippen molar-refractivity contribution < 1.29 is 19.0 Å². The average molecular weight is 312 g/mol. The maximum absolute atomic E-state index is 12.3. The number of ketones is 1. The molecule has 2 rings (SSSR count). The highest BCUT2D eigenvalue weighted by Gasteiger charge is 2.14. The van der Waals surface area contributed by atoms with Crippen LogP contribution in [-0.4, -0.2) is 27.1 Å². The van der Waals surface area contributed by atoms with Crippen molar-refractivity contribution in [3.8, 4) is 17.2 Å². The van der Waals surface area contributed by atoms with Gasteiger partial charge in [-0.1, -0.05) is 23.8 Å². The van der Waals surface area contributed by atoms with Gasteiger partial charge in [0.25, 0.3) is 0 Å². The number of carbonyl (C=O) groups excluding carboxylic acids is 1. The number of aryl methyl sites for hydroxylation is 1. The van der Waals surface area contributed by atoms with E-state index < -0.39 is 0 Å². The summed E-state index contributed by atoms with van der Waals surface area (Å²) in [7, 11) is 4.66. The van der Waals surface area contributed by atoms with Crippen molar-refractivity contribution in [1.29, 1.82) is 0 Å². The van der Waals surface area contributed by atoms with Gasteiger partial charge < -0.3 is 14.2 Å². The van der Waals surface area contributed by atoms with Crippen molar-refractivity contribution in [2.45, 2.75) is 6.92 Å². The zero-order chi connectivity index (χ0) is 16.8. The molecule has 0 aliphatic rings. The summed E-state index contributed by atoms with van der Waals surface area (Å²) in [5.74, 6) is 1.54. The summed E-state index contributed by atoms with van der Waals surface area (Å²) in [5, 5.41) is 0. The number of benzene rings is 2. The highest BCUT2D eigenvalue weighted by atomic mass is 16.5. The Morgan fingerprint density at radius 2 is 1.70 bits per heavy atom. The van der Waals surface area contributed by atoms with Crippen molar-refractivity contribution in [3.63, 3.8) is 0 Å². The molecule has 0 heterocycles. The second kappa shape index (κ2) is 7.49. The van der Waals surface area contributed by atoms with Crippen molar-refractivity contribution in [1.82, 2.24) is 0 Å². The monoisotopic (exact) mass is 312 g/mol. The molecule has 0 N–H and O–H groups in total. The van der Waals surface area contributed by atoms with Crippen LogP contribution in [0.1, 0.15) is 21.5 Å². The average Bonchev–Trinajstić information content (AvgIpc) is 2.58. The van der Waals surface area contributed by atoms with E-state index in [4.69, 9.17) is 14.2 Å². The lowest BCUT2D eigenvalue weighted by atomic mass is 10.1. The molecule has 0 saturated carbocycles. The second-order valence-electron chi connectivity index (χ2n) is 4.99. The molecule has 23 heavy (non-hydrogen) atoms. The number of hydrogen-bond donors (Lipinski definition) is 0. The third kappa shape index (κ3) is 3.72. The molecular formula is C19H20O4. The summed E-state index contributed by atoms with van der Waals surface area (Å²) in [4.78, 5) is 12.3. The van der Waals surface area contributed by atoms with E-state index in [9.17, 15) is 4.79 Å². The molecule has 0 saturated heterocycles. The molecule has 0 unspecified atom stereocenters. The SMILES string of the molecule is COc1ccc(C=CC(=O)c2cccc(C)c2)c(OC)c1OC. The summed E-state index contributed by atoms with van der Waals surface area (Å²) >= 11 is 0. The lowest BCUT2D eigenvalue weighted by molar-refractivity contribution is 0.104. The fraction of sp³-hybridized carbons (Fsp3) is 0.211. The third-order valence-corrected chi connectivity index (χ3v) is 3.45. The van der Waals surface area contributed by atoms with Crippen LogP contribution in [0.25, 0.3) is 6.08 Å². The topological polar surface area (TPSA) is 44.8 Å². The maximum Gasteiger partial charge on any atom is 0.203 e. The molecule has 0 bridgehead atoms. The van der Waals surface area contributed by atoms with Gasteiger partial charge in [-0.2, -0.15) is 0 Å². The lowest BCUT2D eigenvalue weighted by Crippen LogP contribution is -1.97. The molecule has 2 aromatic rings. The first kappa shape index (κ1) is 16.6. The molecule has 4 nitrogen and oxygen atoms in total. The summed E-state index contributed by atoms with van der Waals surface area (Å²) in [6.45, 7) is 1.96. The predicted octanol–water partition coefficient (Wildman–Crippen LogP) is 3.92. The van der Waals surface area contributed by atoms with Crippen LogP contribution in [0.5, 0.6) is 17.2 Å². The molecule has 0 fully saturated rings. The molecule has 0 amide bonds. The van der Waals surface area contributed by atoms with Crippen LogP contribution in [-0.2, 0) is 0 Å². The minimum atomic E-state index is -0.0643. The first-order chi connectivity index (χ1) is 11.1. The van der Waals surface area contributed by atoms with Gasteiger partial charge in [0, 0.05) is 11.1 Å². The Bertz CT molecular complexity index is 732. The van der Waals surface area contributed by atoms with Crippen molar-refractivity contribution in [2.24, 2.45) is 0 Å². The highest BCUT2D eigenvalue weighted by molar-refractivity contribution is 6.07. The molecule has 4 heteroatoms. The van der Waals surface area contributed by atoms with Crippen LogP contribution in [0.15, 0.2) is 42.5 Å². The van der Waals surface area contributed by atoms with Gasteiger partial charge in [-0.15, -0.1) is 0 Å². The van der Waals surface area contributed by atoms with E-state index in [0.29, 0.717) is 22.8 Å². The molecule has 0 aliphatic heterocycles. The molecule has 0 spiro atoms. The van der Waals surface area contributed by atoms with E-state index in [0.717, 1.165) is 11.1 Å². The van der Waals surface area contributed by atoms with E-state index in [1.807, 2.05) is 31.2 Å². The Balaban J connectivity index is 2.34. The molecule has 0 aliphatic carbocycles. The quantitative estimate of drug-likeness (QED) is 0.599. The normalized spacial score (nSPS) is 10.6.